The summed E-state index contributed by atoms with van der Waals surface area (Å²) in [6.07, 6.45) is 1.94. The Kier molecular flexibility index (Phi) is 2.19. The molecule has 0 spiro atoms. The van der Waals surface area contributed by atoms with Crippen LogP contribution in [-0.2, 0) is 6.54 Å². The largest absolute Gasteiger partial charge is 0.292 e. The van der Waals surface area contributed by atoms with Crippen molar-refractivity contribution in [3.05, 3.63) is 30.0 Å². The van der Waals surface area contributed by atoms with Gasteiger partial charge < -0.3 is 0 Å². The summed E-state index contributed by atoms with van der Waals surface area (Å²) in [7, 11) is 0. The SMILES string of the molecule is N#CCn1nc(C(=O)C2CC2)c2ccccc21. The Morgan fingerprint density at radius 3 is 2.94 bits per heavy atom. The molecule has 1 aromatic carbocycles. The van der Waals surface area contributed by atoms with Gasteiger partial charge in [0.05, 0.1) is 11.6 Å². The number of carbonyl (C=O) groups excluding carboxylic acids is 1. The molecular weight excluding hydrogens is 214 g/mol. The van der Waals surface area contributed by atoms with Crippen LogP contribution in [-0.4, -0.2) is 15.6 Å². The number of rotatable bonds is 3. The molecule has 84 valence electrons. The first-order chi connectivity index (χ1) is 8.31. The average Bonchev–Trinajstić information content (AvgIpc) is 3.13. The van der Waals surface area contributed by atoms with E-state index in [2.05, 4.69) is 11.2 Å². The van der Waals surface area contributed by atoms with Gasteiger partial charge in [0.25, 0.3) is 0 Å². The van der Waals surface area contributed by atoms with E-state index < -0.39 is 0 Å². The number of nitriles is 1. The van der Waals surface area contributed by atoms with Crippen LogP contribution in [0, 0.1) is 17.2 Å². The van der Waals surface area contributed by atoms with Crippen LogP contribution < -0.4 is 0 Å². The summed E-state index contributed by atoms with van der Waals surface area (Å²) in [6.45, 7) is 0.179. The van der Waals surface area contributed by atoms with Gasteiger partial charge in [-0.15, -0.1) is 0 Å². The first kappa shape index (κ1) is 10.0. The number of nitrogens with zero attached hydrogens (tertiary/aromatic N) is 3. The van der Waals surface area contributed by atoms with Crippen molar-refractivity contribution in [2.75, 3.05) is 0 Å². The van der Waals surface area contributed by atoms with Gasteiger partial charge in [0.1, 0.15) is 12.2 Å². The van der Waals surface area contributed by atoms with Crippen molar-refractivity contribution in [3.8, 4) is 6.07 Å². The lowest BCUT2D eigenvalue weighted by Gasteiger charge is -1.93. The van der Waals surface area contributed by atoms with Gasteiger partial charge in [-0.25, -0.2) is 4.68 Å². The van der Waals surface area contributed by atoms with Gasteiger partial charge >= 0.3 is 0 Å². The van der Waals surface area contributed by atoms with Gasteiger partial charge in [-0.1, -0.05) is 18.2 Å². The van der Waals surface area contributed by atoms with E-state index in [1.807, 2.05) is 24.3 Å². The van der Waals surface area contributed by atoms with Crippen molar-refractivity contribution in [1.29, 1.82) is 5.26 Å². The minimum atomic E-state index is 0.123. The zero-order valence-corrected chi connectivity index (χ0v) is 9.26. The molecule has 0 atom stereocenters. The fraction of sp³-hybridized carbons (Fsp3) is 0.308. The highest BCUT2D eigenvalue weighted by atomic mass is 16.1. The molecule has 17 heavy (non-hydrogen) atoms. The number of ketones is 1. The number of fused-ring (bicyclic) bond motifs is 1. The molecule has 1 aromatic heterocycles. The minimum Gasteiger partial charge on any atom is -0.292 e. The zero-order valence-electron chi connectivity index (χ0n) is 9.26. The summed E-state index contributed by atoms with van der Waals surface area (Å²) in [6, 6.07) is 9.63. The summed E-state index contributed by atoms with van der Waals surface area (Å²) >= 11 is 0. The van der Waals surface area contributed by atoms with Gasteiger partial charge in [0, 0.05) is 11.3 Å². The number of hydrogen-bond acceptors (Lipinski definition) is 3. The van der Waals surface area contributed by atoms with Gasteiger partial charge in [-0.3, -0.25) is 4.79 Å². The van der Waals surface area contributed by atoms with E-state index in [0.29, 0.717) is 5.69 Å². The molecule has 1 aliphatic rings. The molecule has 0 N–H and O–H groups in total. The van der Waals surface area contributed by atoms with E-state index in [-0.39, 0.29) is 18.2 Å². The molecule has 1 aliphatic carbocycles. The van der Waals surface area contributed by atoms with E-state index in [0.717, 1.165) is 23.7 Å². The highest BCUT2D eigenvalue weighted by molar-refractivity contribution is 6.07. The second-order valence-corrected chi connectivity index (χ2v) is 4.32. The second kappa shape index (κ2) is 3.70. The Labute approximate surface area is 98.5 Å². The number of Topliss-reactive ketones (excluding diaryl/α,β-unsaturated/α-hetero) is 1. The molecule has 0 radical (unpaired) electrons. The standard InChI is InChI=1S/C13H11N3O/c14-7-8-16-11-4-2-1-3-10(11)12(15-16)13(17)9-5-6-9/h1-4,9H,5-6,8H2. The molecule has 2 aromatic rings. The third-order valence-electron chi connectivity index (χ3n) is 3.06. The minimum absolute atomic E-state index is 0.123. The first-order valence-corrected chi connectivity index (χ1v) is 5.68. The van der Waals surface area contributed by atoms with Gasteiger partial charge in [-0.2, -0.15) is 10.4 Å². The summed E-state index contributed by atoms with van der Waals surface area (Å²) in [4.78, 5) is 12.1. The van der Waals surface area contributed by atoms with Crippen molar-refractivity contribution in [1.82, 2.24) is 9.78 Å². The fourth-order valence-electron chi connectivity index (χ4n) is 2.04. The molecule has 1 heterocycles. The Bertz CT molecular complexity index is 632. The lowest BCUT2D eigenvalue weighted by Crippen LogP contribution is -2.05. The summed E-state index contributed by atoms with van der Waals surface area (Å²) in [5.41, 5.74) is 1.39. The number of carbonyl (C=O) groups is 1. The maximum absolute atomic E-state index is 12.1. The molecule has 0 unspecified atom stereocenters. The van der Waals surface area contributed by atoms with Gasteiger partial charge in [0.15, 0.2) is 5.78 Å². The van der Waals surface area contributed by atoms with Crippen LogP contribution in [0.15, 0.2) is 24.3 Å². The summed E-state index contributed by atoms with van der Waals surface area (Å²) in [5.74, 6) is 0.279. The van der Waals surface area contributed by atoms with Crippen molar-refractivity contribution >= 4 is 16.7 Å². The van der Waals surface area contributed by atoms with Crippen LogP contribution in [0.5, 0.6) is 0 Å². The lowest BCUT2D eigenvalue weighted by molar-refractivity contribution is 0.0963. The molecule has 4 heteroatoms. The first-order valence-electron chi connectivity index (χ1n) is 5.68. The van der Waals surface area contributed by atoms with Crippen molar-refractivity contribution in [2.24, 2.45) is 5.92 Å². The molecule has 0 saturated heterocycles. The van der Waals surface area contributed by atoms with Crippen LogP contribution in [0.1, 0.15) is 23.3 Å². The number of benzene rings is 1. The molecule has 0 aliphatic heterocycles. The van der Waals surface area contributed by atoms with E-state index in [1.165, 1.54) is 0 Å². The molecule has 4 nitrogen and oxygen atoms in total. The second-order valence-electron chi connectivity index (χ2n) is 4.32. The predicted molar refractivity (Wildman–Crippen MR) is 62.4 cm³/mol. The van der Waals surface area contributed by atoms with E-state index in [4.69, 9.17) is 5.26 Å². The van der Waals surface area contributed by atoms with Crippen molar-refractivity contribution in [2.45, 2.75) is 19.4 Å². The Morgan fingerprint density at radius 1 is 1.47 bits per heavy atom. The van der Waals surface area contributed by atoms with Crippen LogP contribution in [0.2, 0.25) is 0 Å². The van der Waals surface area contributed by atoms with Crippen LogP contribution in [0.25, 0.3) is 10.9 Å². The van der Waals surface area contributed by atoms with E-state index in [9.17, 15) is 4.79 Å². The normalized spacial score (nSPS) is 14.8. The average molecular weight is 225 g/mol. The smallest absolute Gasteiger partial charge is 0.186 e. The van der Waals surface area contributed by atoms with E-state index >= 15 is 0 Å². The lowest BCUT2D eigenvalue weighted by atomic mass is 10.1. The Balaban J connectivity index is 2.17. The maximum Gasteiger partial charge on any atom is 0.186 e. The third-order valence-corrected chi connectivity index (χ3v) is 3.06. The molecular formula is C13H11N3O. The number of aromatic nitrogens is 2. The zero-order chi connectivity index (χ0) is 11.8. The van der Waals surface area contributed by atoms with Crippen molar-refractivity contribution in [3.63, 3.8) is 0 Å². The fourth-order valence-corrected chi connectivity index (χ4v) is 2.04. The Hall–Kier alpha value is -2.15. The Morgan fingerprint density at radius 2 is 2.24 bits per heavy atom. The topological polar surface area (TPSA) is 58.7 Å². The molecule has 0 amide bonds. The quantitative estimate of drug-likeness (QED) is 0.752. The predicted octanol–water partition coefficient (Wildman–Crippen LogP) is 2.15. The van der Waals surface area contributed by atoms with Crippen molar-refractivity contribution < 1.29 is 4.79 Å². The molecule has 1 fully saturated rings. The van der Waals surface area contributed by atoms with E-state index in [1.54, 1.807) is 4.68 Å². The monoisotopic (exact) mass is 225 g/mol. The third kappa shape index (κ3) is 1.60. The number of para-hydroxylation sites is 1. The van der Waals surface area contributed by atoms with Crippen LogP contribution in [0.4, 0.5) is 0 Å². The van der Waals surface area contributed by atoms with Crippen LogP contribution in [0.3, 0.4) is 0 Å². The highest BCUT2D eigenvalue weighted by Crippen LogP contribution is 2.34. The van der Waals surface area contributed by atoms with Gasteiger partial charge in [0.2, 0.25) is 0 Å². The van der Waals surface area contributed by atoms with Crippen LogP contribution >= 0.6 is 0 Å². The maximum atomic E-state index is 12.1. The number of hydrogen-bond donors (Lipinski definition) is 0. The van der Waals surface area contributed by atoms with Gasteiger partial charge in [-0.05, 0) is 18.9 Å². The highest BCUT2D eigenvalue weighted by Gasteiger charge is 2.33. The molecule has 3 rings (SSSR count). The molecule has 0 bridgehead atoms. The summed E-state index contributed by atoms with van der Waals surface area (Å²) in [5, 5.41) is 13.9. The summed E-state index contributed by atoms with van der Waals surface area (Å²) < 4.78 is 1.60. The molecule has 1 saturated carbocycles.